The fraction of sp³-hybridized carbons (Fsp3) is 0.188. The van der Waals surface area contributed by atoms with Gasteiger partial charge in [-0.2, -0.15) is 0 Å². The molecule has 3 nitrogen and oxygen atoms in total. The third-order valence-corrected chi connectivity index (χ3v) is 3.24. The number of hydrogen-bond acceptors (Lipinski definition) is 3. The number of carbonyl (C=O) groups is 1. The Labute approximate surface area is 126 Å². The Balaban J connectivity index is 1.84. The molecule has 0 aliphatic rings. The smallest absolute Gasteiger partial charge is 0.153 e. The SMILES string of the molecule is Cc1ccc(OCCOc2ccc(Br)cc2)c(C=O)c1. The van der Waals surface area contributed by atoms with E-state index in [-0.39, 0.29) is 0 Å². The maximum Gasteiger partial charge on any atom is 0.153 e. The Morgan fingerprint density at radius 2 is 1.75 bits per heavy atom. The molecule has 0 fully saturated rings. The molecule has 2 aromatic carbocycles. The molecule has 0 aliphatic heterocycles. The molecule has 2 rings (SSSR count). The summed E-state index contributed by atoms with van der Waals surface area (Å²) in [7, 11) is 0. The van der Waals surface area contributed by atoms with E-state index in [0.717, 1.165) is 22.1 Å². The summed E-state index contributed by atoms with van der Waals surface area (Å²) in [5.74, 6) is 1.38. The van der Waals surface area contributed by atoms with E-state index in [1.807, 2.05) is 37.3 Å². The van der Waals surface area contributed by atoms with Gasteiger partial charge in [-0.3, -0.25) is 4.79 Å². The zero-order valence-corrected chi connectivity index (χ0v) is 12.7. The topological polar surface area (TPSA) is 35.5 Å². The lowest BCUT2D eigenvalue weighted by atomic mass is 10.1. The first-order valence-electron chi connectivity index (χ1n) is 6.26. The van der Waals surface area contributed by atoms with Gasteiger partial charge in [0.2, 0.25) is 0 Å². The van der Waals surface area contributed by atoms with Crippen LogP contribution in [-0.2, 0) is 0 Å². The Morgan fingerprint density at radius 1 is 1.05 bits per heavy atom. The second-order valence-electron chi connectivity index (χ2n) is 4.31. The number of hydrogen-bond donors (Lipinski definition) is 0. The Bertz CT molecular complexity index is 579. The standard InChI is InChI=1S/C16H15BrO3/c1-12-2-7-16(13(10-12)11-18)20-9-8-19-15-5-3-14(17)4-6-15/h2-7,10-11H,8-9H2,1H3. The highest BCUT2D eigenvalue weighted by Crippen LogP contribution is 2.19. The maximum absolute atomic E-state index is 10.9. The summed E-state index contributed by atoms with van der Waals surface area (Å²) in [5.41, 5.74) is 1.60. The first kappa shape index (κ1) is 14.6. The van der Waals surface area contributed by atoms with Crippen LogP contribution in [0, 0.1) is 6.92 Å². The first-order valence-corrected chi connectivity index (χ1v) is 7.05. The molecule has 0 aromatic heterocycles. The molecule has 0 atom stereocenters. The van der Waals surface area contributed by atoms with Gasteiger partial charge in [0, 0.05) is 4.47 Å². The van der Waals surface area contributed by atoms with Crippen molar-refractivity contribution in [3.05, 3.63) is 58.1 Å². The normalized spacial score (nSPS) is 10.1. The second-order valence-corrected chi connectivity index (χ2v) is 5.23. The molecule has 0 bridgehead atoms. The van der Waals surface area contributed by atoms with Crippen LogP contribution < -0.4 is 9.47 Å². The summed E-state index contributed by atoms with van der Waals surface area (Å²) < 4.78 is 12.1. The lowest BCUT2D eigenvalue weighted by Crippen LogP contribution is -2.10. The minimum Gasteiger partial charge on any atom is -0.490 e. The number of rotatable bonds is 6. The fourth-order valence-electron chi connectivity index (χ4n) is 1.73. The number of aryl methyl sites for hydroxylation is 1. The van der Waals surface area contributed by atoms with E-state index in [9.17, 15) is 4.79 Å². The van der Waals surface area contributed by atoms with Gasteiger partial charge in [-0.15, -0.1) is 0 Å². The van der Waals surface area contributed by atoms with Gasteiger partial charge in [0.1, 0.15) is 24.7 Å². The average molecular weight is 335 g/mol. The van der Waals surface area contributed by atoms with Gasteiger partial charge >= 0.3 is 0 Å². The van der Waals surface area contributed by atoms with Gasteiger partial charge in [-0.1, -0.05) is 27.6 Å². The summed E-state index contributed by atoms with van der Waals surface area (Å²) in [6.07, 6.45) is 0.803. The highest BCUT2D eigenvalue weighted by molar-refractivity contribution is 9.10. The van der Waals surface area contributed by atoms with Crippen molar-refractivity contribution in [1.82, 2.24) is 0 Å². The minimum absolute atomic E-state index is 0.389. The largest absolute Gasteiger partial charge is 0.490 e. The number of aldehydes is 1. The predicted octanol–water partition coefficient (Wildman–Crippen LogP) is 4.03. The quantitative estimate of drug-likeness (QED) is 0.591. The molecule has 0 heterocycles. The Hall–Kier alpha value is -1.81. The molecular weight excluding hydrogens is 320 g/mol. The molecule has 0 saturated heterocycles. The van der Waals surface area contributed by atoms with Gasteiger partial charge in [0.15, 0.2) is 6.29 Å². The summed E-state index contributed by atoms with van der Waals surface area (Å²) >= 11 is 3.37. The third-order valence-electron chi connectivity index (χ3n) is 2.72. The van der Waals surface area contributed by atoms with Crippen LogP contribution >= 0.6 is 15.9 Å². The van der Waals surface area contributed by atoms with E-state index in [4.69, 9.17) is 9.47 Å². The Kier molecular flexibility index (Phi) is 5.18. The van der Waals surface area contributed by atoms with E-state index in [2.05, 4.69) is 15.9 Å². The third kappa shape index (κ3) is 4.10. The van der Waals surface area contributed by atoms with Crippen LogP contribution in [0.2, 0.25) is 0 Å². The van der Waals surface area contributed by atoms with Crippen molar-refractivity contribution in [2.24, 2.45) is 0 Å². The van der Waals surface area contributed by atoms with Crippen molar-refractivity contribution < 1.29 is 14.3 Å². The van der Waals surface area contributed by atoms with Crippen LogP contribution in [0.15, 0.2) is 46.9 Å². The van der Waals surface area contributed by atoms with Crippen molar-refractivity contribution in [2.75, 3.05) is 13.2 Å². The zero-order valence-electron chi connectivity index (χ0n) is 11.1. The molecular formula is C16H15BrO3. The average Bonchev–Trinajstić information content (AvgIpc) is 2.46. The minimum atomic E-state index is 0.389. The molecule has 4 heteroatoms. The Morgan fingerprint density at radius 3 is 2.45 bits per heavy atom. The molecule has 0 unspecified atom stereocenters. The highest BCUT2D eigenvalue weighted by atomic mass is 79.9. The molecule has 0 aliphatic carbocycles. The number of benzene rings is 2. The van der Waals surface area contributed by atoms with Gasteiger partial charge in [-0.25, -0.2) is 0 Å². The molecule has 0 spiro atoms. The van der Waals surface area contributed by atoms with Crippen LogP contribution in [-0.4, -0.2) is 19.5 Å². The van der Waals surface area contributed by atoms with Crippen LogP contribution in [0.5, 0.6) is 11.5 Å². The maximum atomic E-state index is 10.9. The zero-order chi connectivity index (χ0) is 14.4. The van der Waals surface area contributed by atoms with Crippen LogP contribution in [0.4, 0.5) is 0 Å². The van der Waals surface area contributed by atoms with Gasteiger partial charge < -0.3 is 9.47 Å². The van der Waals surface area contributed by atoms with E-state index in [0.29, 0.717) is 24.5 Å². The van der Waals surface area contributed by atoms with Crippen LogP contribution in [0.25, 0.3) is 0 Å². The van der Waals surface area contributed by atoms with Gasteiger partial charge in [0.25, 0.3) is 0 Å². The fourth-order valence-corrected chi connectivity index (χ4v) is 2.00. The number of halogens is 1. The van der Waals surface area contributed by atoms with Crippen molar-refractivity contribution in [3.8, 4) is 11.5 Å². The lowest BCUT2D eigenvalue weighted by Gasteiger charge is -2.10. The molecule has 20 heavy (non-hydrogen) atoms. The lowest BCUT2D eigenvalue weighted by molar-refractivity contribution is 0.111. The molecule has 0 amide bonds. The number of ether oxygens (including phenoxy) is 2. The van der Waals surface area contributed by atoms with Crippen molar-refractivity contribution in [1.29, 1.82) is 0 Å². The summed E-state index contributed by atoms with van der Waals surface area (Å²) in [6, 6.07) is 13.1. The van der Waals surface area contributed by atoms with E-state index >= 15 is 0 Å². The van der Waals surface area contributed by atoms with Gasteiger partial charge in [-0.05, 0) is 43.3 Å². The van der Waals surface area contributed by atoms with Crippen molar-refractivity contribution in [3.63, 3.8) is 0 Å². The van der Waals surface area contributed by atoms with Gasteiger partial charge in [0.05, 0.1) is 5.56 Å². The van der Waals surface area contributed by atoms with E-state index in [1.165, 1.54) is 0 Å². The highest BCUT2D eigenvalue weighted by Gasteiger charge is 2.03. The molecule has 0 saturated carbocycles. The predicted molar refractivity (Wildman–Crippen MR) is 81.7 cm³/mol. The van der Waals surface area contributed by atoms with E-state index in [1.54, 1.807) is 12.1 Å². The summed E-state index contributed by atoms with van der Waals surface area (Å²) in [5, 5.41) is 0. The van der Waals surface area contributed by atoms with Crippen LogP contribution in [0.3, 0.4) is 0 Å². The van der Waals surface area contributed by atoms with Crippen molar-refractivity contribution in [2.45, 2.75) is 6.92 Å². The molecule has 104 valence electrons. The van der Waals surface area contributed by atoms with E-state index < -0.39 is 0 Å². The molecule has 0 N–H and O–H groups in total. The molecule has 2 aromatic rings. The number of carbonyl (C=O) groups excluding carboxylic acids is 1. The monoisotopic (exact) mass is 334 g/mol. The summed E-state index contributed by atoms with van der Waals surface area (Å²) in [4.78, 5) is 10.9. The second kappa shape index (κ2) is 7.10. The van der Waals surface area contributed by atoms with Crippen LogP contribution in [0.1, 0.15) is 15.9 Å². The first-order chi connectivity index (χ1) is 9.69. The molecule has 0 radical (unpaired) electrons. The summed E-state index contributed by atoms with van der Waals surface area (Å²) in [6.45, 7) is 2.75. The van der Waals surface area contributed by atoms with Crippen molar-refractivity contribution >= 4 is 22.2 Å².